The lowest BCUT2D eigenvalue weighted by molar-refractivity contribution is -0.113. The monoisotopic (exact) mass is 322 g/mol. The van der Waals surface area contributed by atoms with E-state index in [4.69, 9.17) is 0 Å². The standard InChI is InChI=1S/C19H22N4O/c1-22-15(7-9-20-22)11-14-5-6-17(13-3-4-13)18(19(14)24)12-16-8-10-21-23(16)2/h7-13,17H,3-6H2,1-2H3/b14-11-,18-12-. The Bertz CT molecular complexity index is 835. The summed E-state index contributed by atoms with van der Waals surface area (Å²) in [4.78, 5) is 13.1. The highest BCUT2D eigenvalue weighted by Crippen LogP contribution is 2.47. The van der Waals surface area contributed by atoms with Crippen molar-refractivity contribution >= 4 is 17.9 Å². The van der Waals surface area contributed by atoms with E-state index in [2.05, 4.69) is 16.3 Å². The zero-order valence-electron chi connectivity index (χ0n) is 14.1. The molecule has 5 nitrogen and oxygen atoms in total. The molecular formula is C19H22N4O. The van der Waals surface area contributed by atoms with E-state index < -0.39 is 0 Å². The van der Waals surface area contributed by atoms with Gasteiger partial charge in [0.15, 0.2) is 5.78 Å². The maximum Gasteiger partial charge on any atom is 0.185 e. The Morgan fingerprint density at radius 1 is 1.00 bits per heavy atom. The van der Waals surface area contributed by atoms with Crippen molar-refractivity contribution in [2.45, 2.75) is 25.7 Å². The third-order valence-corrected chi connectivity index (χ3v) is 5.21. The number of Topliss-reactive ketones (excluding diaryl/α,β-unsaturated/α-hetero) is 1. The number of carbonyl (C=O) groups excluding carboxylic acids is 1. The number of allylic oxidation sites excluding steroid dienone is 2. The fourth-order valence-corrected chi connectivity index (χ4v) is 3.62. The molecule has 2 aromatic rings. The number of hydrogen-bond donors (Lipinski definition) is 0. The van der Waals surface area contributed by atoms with Gasteiger partial charge in [-0.15, -0.1) is 0 Å². The van der Waals surface area contributed by atoms with E-state index in [0.717, 1.165) is 35.4 Å². The number of hydrogen-bond acceptors (Lipinski definition) is 3. The van der Waals surface area contributed by atoms with Crippen LogP contribution >= 0.6 is 0 Å². The van der Waals surface area contributed by atoms with E-state index >= 15 is 0 Å². The zero-order valence-corrected chi connectivity index (χ0v) is 14.1. The van der Waals surface area contributed by atoms with Crippen LogP contribution in [0.4, 0.5) is 0 Å². The molecule has 0 N–H and O–H groups in total. The van der Waals surface area contributed by atoms with Crippen molar-refractivity contribution in [2.75, 3.05) is 0 Å². The summed E-state index contributed by atoms with van der Waals surface area (Å²) < 4.78 is 3.63. The van der Waals surface area contributed by atoms with Gasteiger partial charge in [0.05, 0.1) is 11.4 Å². The summed E-state index contributed by atoms with van der Waals surface area (Å²) in [7, 11) is 3.82. The first kappa shape index (κ1) is 15.1. The molecule has 4 rings (SSSR count). The largest absolute Gasteiger partial charge is 0.289 e. The van der Waals surface area contributed by atoms with Crippen LogP contribution in [0.25, 0.3) is 12.2 Å². The first-order valence-electron chi connectivity index (χ1n) is 8.56. The molecule has 1 unspecified atom stereocenters. The Kier molecular flexibility index (Phi) is 3.71. The maximum absolute atomic E-state index is 13.1. The first-order chi connectivity index (χ1) is 11.6. The molecule has 0 bridgehead atoms. The Hall–Kier alpha value is -2.43. The lowest BCUT2D eigenvalue weighted by atomic mass is 9.77. The summed E-state index contributed by atoms with van der Waals surface area (Å²) in [6.07, 6.45) is 12.0. The van der Waals surface area contributed by atoms with E-state index in [9.17, 15) is 4.79 Å². The summed E-state index contributed by atoms with van der Waals surface area (Å²) in [6, 6.07) is 3.90. The van der Waals surface area contributed by atoms with Gasteiger partial charge in [0.25, 0.3) is 0 Å². The van der Waals surface area contributed by atoms with Crippen LogP contribution in [0.5, 0.6) is 0 Å². The molecule has 0 amide bonds. The Balaban J connectivity index is 1.71. The molecule has 2 heterocycles. The van der Waals surface area contributed by atoms with Crippen molar-refractivity contribution in [2.24, 2.45) is 25.9 Å². The van der Waals surface area contributed by atoms with Crippen LogP contribution in [0.2, 0.25) is 0 Å². The molecule has 2 aliphatic carbocycles. The van der Waals surface area contributed by atoms with E-state index in [1.54, 1.807) is 17.1 Å². The van der Waals surface area contributed by atoms with Gasteiger partial charge in [-0.3, -0.25) is 14.2 Å². The van der Waals surface area contributed by atoms with Crippen molar-refractivity contribution in [1.82, 2.24) is 19.6 Å². The number of aromatic nitrogens is 4. The smallest absolute Gasteiger partial charge is 0.185 e. The maximum atomic E-state index is 13.1. The van der Waals surface area contributed by atoms with Gasteiger partial charge in [0, 0.05) is 37.6 Å². The third-order valence-electron chi connectivity index (χ3n) is 5.21. The summed E-state index contributed by atoms with van der Waals surface area (Å²) in [5.41, 5.74) is 3.82. The van der Waals surface area contributed by atoms with E-state index in [1.165, 1.54) is 12.8 Å². The second-order valence-corrected chi connectivity index (χ2v) is 6.84. The zero-order chi connectivity index (χ0) is 16.7. The topological polar surface area (TPSA) is 52.7 Å². The highest BCUT2D eigenvalue weighted by atomic mass is 16.1. The van der Waals surface area contributed by atoms with Gasteiger partial charge in [0.2, 0.25) is 0 Å². The molecule has 0 aliphatic heterocycles. The van der Waals surface area contributed by atoms with Crippen molar-refractivity contribution in [3.05, 3.63) is 47.1 Å². The fraction of sp³-hybridized carbons (Fsp3) is 0.421. The van der Waals surface area contributed by atoms with Gasteiger partial charge < -0.3 is 0 Å². The van der Waals surface area contributed by atoms with Gasteiger partial charge in [0.1, 0.15) is 0 Å². The van der Waals surface area contributed by atoms with Gasteiger partial charge in [-0.05, 0) is 61.8 Å². The minimum Gasteiger partial charge on any atom is -0.289 e. The molecule has 2 fully saturated rings. The van der Waals surface area contributed by atoms with Crippen LogP contribution in [0, 0.1) is 11.8 Å². The third kappa shape index (κ3) is 2.75. The molecule has 1 atom stereocenters. The predicted octanol–water partition coefficient (Wildman–Crippen LogP) is 3.01. The van der Waals surface area contributed by atoms with Crippen LogP contribution in [-0.2, 0) is 18.9 Å². The molecule has 0 saturated heterocycles. The average Bonchev–Trinajstić information content (AvgIpc) is 3.21. The van der Waals surface area contributed by atoms with Crippen LogP contribution in [0.1, 0.15) is 37.1 Å². The summed E-state index contributed by atoms with van der Waals surface area (Å²) in [5.74, 6) is 1.28. The Morgan fingerprint density at radius 3 is 2.17 bits per heavy atom. The second kappa shape index (κ2) is 5.89. The van der Waals surface area contributed by atoms with Crippen molar-refractivity contribution in [3.8, 4) is 0 Å². The SMILES string of the molecule is Cn1nccc1/C=C1/CCC(C2CC2)/C(=C/c2ccnn2C)C1=O. The Morgan fingerprint density at radius 2 is 1.62 bits per heavy atom. The normalized spacial score (nSPS) is 24.9. The van der Waals surface area contributed by atoms with Crippen molar-refractivity contribution in [3.63, 3.8) is 0 Å². The summed E-state index contributed by atoms with van der Waals surface area (Å²) in [5, 5.41) is 8.40. The molecule has 24 heavy (non-hydrogen) atoms. The molecule has 0 spiro atoms. The van der Waals surface area contributed by atoms with E-state index in [0.29, 0.717) is 11.8 Å². The molecule has 5 heteroatoms. The number of carbonyl (C=O) groups is 1. The molecule has 2 aliphatic rings. The van der Waals surface area contributed by atoms with Gasteiger partial charge in [-0.1, -0.05) is 0 Å². The van der Waals surface area contributed by atoms with E-state index in [1.807, 2.05) is 37.0 Å². The molecular weight excluding hydrogens is 300 g/mol. The lowest BCUT2D eigenvalue weighted by Crippen LogP contribution is -2.23. The number of aryl methyl sites for hydroxylation is 2. The van der Waals surface area contributed by atoms with Crippen molar-refractivity contribution in [1.29, 1.82) is 0 Å². The number of nitrogens with zero attached hydrogens (tertiary/aromatic N) is 4. The van der Waals surface area contributed by atoms with Gasteiger partial charge in [-0.2, -0.15) is 10.2 Å². The number of ketones is 1. The van der Waals surface area contributed by atoms with Crippen molar-refractivity contribution < 1.29 is 4.79 Å². The quantitative estimate of drug-likeness (QED) is 0.816. The van der Waals surface area contributed by atoms with E-state index in [-0.39, 0.29) is 5.78 Å². The second-order valence-electron chi connectivity index (χ2n) is 6.84. The summed E-state index contributed by atoms with van der Waals surface area (Å²) in [6.45, 7) is 0. The highest BCUT2D eigenvalue weighted by Gasteiger charge is 2.39. The average molecular weight is 322 g/mol. The molecule has 0 radical (unpaired) electrons. The molecule has 2 aromatic heterocycles. The molecule has 2 saturated carbocycles. The van der Waals surface area contributed by atoms with Gasteiger partial charge >= 0.3 is 0 Å². The minimum atomic E-state index is 0.195. The van der Waals surface area contributed by atoms with Crippen LogP contribution in [-0.4, -0.2) is 25.3 Å². The number of rotatable bonds is 3. The van der Waals surface area contributed by atoms with Crippen LogP contribution < -0.4 is 0 Å². The first-order valence-corrected chi connectivity index (χ1v) is 8.56. The fourth-order valence-electron chi connectivity index (χ4n) is 3.62. The highest BCUT2D eigenvalue weighted by molar-refractivity contribution is 6.14. The Labute approximate surface area is 141 Å². The predicted molar refractivity (Wildman–Crippen MR) is 92.8 cm³/mol. The molecule has 0 aromatic carbocycles. The lowest BCUT2D eigenvalue weighted by Gasteiger charge is -2.26. The molecule has 124 valence electrons. The van der Waals surface area contributed by atoms with Gasteiger partial charge in [-0.25, -0.2) is 0 Å². The summed E-state index contributed by atoms with van der Waals surface area (Å²) >= 11 is 0. The van der Waals surface area contributed by atoms with Crippen LogP contribution in [0.3, 0.4) is 0 Å². The minimum absolute atomic E-state index is 0.195. The van der Waals surface area contributed by atoms with Crippen LogP contribution in [0.15, 0.2) is 35.7 Å².